The summed E-state index contributed by atoms with van der Waals surface area (Å²) in [6.45, 7) is 0.579. The minimum Gasteiger partial charge on any atom is -0.344 e. The Morgan fingerprint density at radius 3 is 2.52 bits per heavy atom. The van der Waals surface area contributed by atoms with E-state index in [4.69, 9.17) is 0 Å². The van der Waals surface area contributed by atoms with Crippen LogP contribution in [0.4, 0.5) is 0 Å². The SMILES string of the molecule is O=C(CCn1cnc2ccccc21)NC(c1ccccc1)c1ccccn1. The molecule has 1 atom stereocenters. The molecule has 0 radical (unpaired) electrons. The summed E-state index contributed by atoms with van der Waals surface area (Å²) in [6, 6.07) is 23.3. The average molecular weight is 356 g/mol. The van der Waals surface area contributed by atoms with Crippen molar-refractivity contribution in [1.29, 1.82) is 0 Å². The quantitative estimate of drug-likeness (QED) is 0.573. The Morgan fingerprint density at radius 2 is 1.70 bits per heavy atom. The molecule has 4 aromatic rings. The van der Waals surface area contributed by atoms with E-state index >= 15 is 0 Å². The maximum atomic E-state index is 12.7. The van der Waals surface area contributed by atoms with Gasteiger partial charge in [-0.2, -0.15) is 0 Å². The first kappa shape index (κ1) is 17.0. The molecule has 0 spiro atoms. The highest BCUT2D eigenvalue weighted by molar-refractivity contribution is 5.78. The fraction of sp³-hybridized carbons (Fsp3) is 0.136. The highest BCUT2D eigenvalue weighted by Crippen LogP contribution is 2.20. The fourth-order valence-corrected chi connectivity index (χ4v) is 3.16. The molecule has 0 aliphatic heterocycles. The summed E-state index contributed by atoms with van der Waals surface area (Å²) in [5.74, 6) is -0.0210. The smallest absolute Gasteiger partial charge is 0.222 e. The topological polar surface area (TPSA) is 59.8 Å². The number of carbonyl (C=O) groups is 1. The van der Waals surface area contributed by atoms with Crippen LogP contribution in [0, 0.1) is 0 Å². The lowest BCUT2D eigenvalue weighted by atomic mass is 10.0. The molecule has 1 N–H and O–H groups in total. The van der Waals surface area contributed by atoms with Gasteiger partial charge in [0.1, 0.15) is 0 Å². The zero-order valence-electron chi connectivity index (χ0n) is 14.8. The van der Waals surface area contributed by atoms with E-state index in [1.54, 1.807) is 12.5 Å². The molecule has 2 heterocycles. The zero-order valence-corrected chi connectivity index (χ0v) is 14.8. The van der Waals surface area contributed by atoms with Crippen LogP contribution in [0.25, 0.3) is 11.0 Å². The van der Waals surface area contributed by atoms with Crippen molar-refractivity contribution >= 4 is 16.9 Å². The second-order valence-corrected chi connectivity index (χ2v) is 6.34. The van der Waals surface area contributed by atoms with Crippen molar-refractivity contribution in [3.63, 3.8) is 0 Å². The van der Waals surface area contributed by atoms with Crippen molar-refractivity contribution in [1.82, 2.24) is 19.9 Å². The van der Waals surface area contributed by atoms with E-state index in [-0.39, 0.29) is 11.9 Å². The Morgan fingerprint density at radius 1 is 0.926 bits per heavy atom. The Hall–Kier alpha value is -3.47. The van der Waals surface area contributed by atoms with E-state index in [1.165, 1.54) is 0 Å². The minimum atomic E-state index is -0.264. The first-order chi connectivity index (χ1) is 13.3. The highest BCUT2D eigenvalue weighted by atomic mass is 16.1. The third-order valence-corrected chi connectivity index (χ3v) is 4.53. The molecule has 0 saturated heterocycles. The van der Waals surface area contributed by atoms with Crippen molar-refractivity contribution in [3.05, 3.63) is 96.6 Å². The van der Waals surface area contributed by atoms with Crippen molar-refractivity contribution in [3.8, 4) is 0 Å². The molecule has 5 heteroatoms. The average Bonchev–Trinajstić information content (AvgIpc) is 3.15. The van der Waals surface area contributed by atoms with Crippen LogP contribution in [-0.2, 0) is 11.3 Å². The molecule has 0 saturated carbocycles. The fourth-order valence-electron chi connectivity index (χ4n) is 3.16. The number of amides is 1. The first-order valence-electron chi connectivity index (χ1n) is 8.96. The van der Waals surface area contributed by atoms with Gasteiger partial charge in [-0.25, -0.2) is 4.98 Å². The minimum absolute atomic E-state index is 0.0210. The molecular formula is C22H20N4O. The standard InChI is InChI=1S/C22H20N4O/c27-21(13-15-26-16-24-18-10-4-5-12-20(18)26)25-22(17-8-2-1-3-9-17)19-11-6-7-14-23-19/h1-12,14,16,22H,13,15H2,(H,25,27). The number of aromatic nitrogens is 3. The number of carbonyl (C=O) groups excluding carboxylic acids is 1. The Bertz CT molecular complexity index is 988. The normalized spacial score (nSPS) is 12.0. The van der Waals surface area contributed by atoms with Crippen molar-refractivity contribution in [2.45, 2.75) is 19.0 Å². The van der Waals surface area contributed by atoms with E-state index in [9.17, 15) is 4.79 Å². The predicted molar refractivity (Wildman–Crippen MR) is 105 cm³/mol. The van der Waals surface area contributed by atoms with Gasteiger partial charge in [-0.3, -0.25) is 9.78 Å². The number of hydrogen-bond acceptors (Lipinski definition) is 3. The zero-order chi connectivity index (χ0) is 18.5. The second-order valence-electron chi connectivity index (χ2n) is 6.34. The number of para-hydroxylation sites is 2. The number of hydrogen-bond donors (Lipinski definition) is 1. The summed E-state index contributed by atoms with van der Waals surface area (Å²) in [5.41, 5.74) is 3.81. The van der Waals surface area contributed by atoms with Gasteiger partial charge in [-0.05, 0) is 29.8 Å². The van der Waals surface area contributed by atoms with Gasteiger partial charge in [-0.15, -0.1) is 0 Å². The number of fused-ring (bicyclic) bond motifs is 1. The van der Waals surface area contributed by atoms with Gasteiger partial charge in [0.2, 0.25) is 5.91 Å². The van der Waals surface area contributed by atoms with Crippen LogP contribution in [0.1, 0.15) is 23.7 Å². The summed E-state index contributed by atoms with van der Waals surface area (Å²) >= 11 is 0. The lowest BCUT2D eigenvalue weighted by Gasteiger charge is -2.19. The molecule has 2 aromatic heterocycles. The Kier molecular flexibility index (Phi) is 4.92. The summed E-state index contributed by atoms with van der Waals surface area (Å²) in [4.78, 5) is 21.5. The summed E-state index contributed by atoms with van der Waals surface area (Å²) in [5, 5.41) is 3.12. The van der Waals surface area contributed by atoms with Crippen LogP contribution in [0.5, 0.6) is 0 Å². The lowest BCUT2D eigenvalue weighted by molar-refractivity contribution is -0.121. The number of nitrogens with one attached hydrogen (secondary N) is 1. The molecule has 1 unspecified atom stereocenters. The van der Waals surface area contributed by atoms with E-state index in [2.05, 4.69) is 15.3 Å². The number of aryl methyl sites for hydroxylation is 1. The predicted octanol–water partition coefficient (Wildman–Crippen LogP) is 3.73. The Balaban J connectivity index is 1.49. The maximum Gasteiger partial charge on any atom is 0.222 e. The van der Waals surface area contributed by atoms with Gasteiger partial charge in [0, 0.05) is 19.2 Å². The molecule has 2 aromatic carbocycles. The Labute approximate surface area is 157 Å². The van der Waals surface area contributed by atoms with Gasteiger partial charge in [0.25, 0.3) is 0 Å². The number of nitrogens with zero attached hydrogens (tertiary/aromatic N) is 3. The van der Waals surface area contributed by atoms with Crippen LogP contribution in [-0.4, -0.2) is 20.4 Å². The second kappa shape index (κ2) is 7.83. The molecule has 1 amide bonds. The van der Waals surface area contributed by atoms with Gasteiger partial charge in [0.05, 0.1) is 29.1 Å². The summed E-state index contributed by atoms with van der Waals surface area (Å²) in [6.07, 6.45) is 3.90. The van der Waals surface area contributed by atoms with Crippen LogP contribution in [0.15, 0.2) is 85.3 Å². The number of benzene rings is 2. The summed E-state index contributed by atoms with van der Waals surface area (Å²) < 4.78 is 2.01. The van der Waals surface area contributed by atoms with Crippen molar-refractivity contribution in [2.24, 2.45) is 0 Å². The van der Waals surface area contributed by atoms with Gasteiger partial charge in [0.15, 0.2) is 0 Å². The maximum absolute atomic E-state index is 12.7. The molecule has 0 aliphatic rings. The van der Waals surface area contributed by atoms with Crippen LogP contribution in [0.3, 0.4) is 0 Å². The van der Waals surface area contributed by atoms with E-state index < -0.39 is 0 Å². The van der Waals surface area contributed by atoms with E-state index in [0.717, 1.165) is 22.3 Å². The van der Waals surface area contributed by atoms with Gasteiger partial charge < -0.3 is 9.88 Å². The molecule has 0 aliphatic carbocycles. The molecular weight excluding hydrogens is 336 g/mol. The third kappa shape index (κ3) is 3.87. The largest absolute Gasteiger partial charge is 0.344 e. The number of pyridine rings is 1. The number of imidazole rings is 1. The van der Waals surface area contributed by atoms with Crippen molar-refractivity contribution < 1.29 is 4.79 Å². The molecule has 0 fully saturated rings. The first-order valence-corrected chi connectivity index (χ1v) is 8.96. The molecule has 0 bridgehead atoms. The number of rotatable bonds is 6. The van der Waals surface area contributed by atoms with Crippen LogP contribution in [0.2, 0.25) is 0 Å². The monoisotopic (exact) mass is 356 g/mol. The van der Waals surface area contributed by atoms with E-state index in [1.807, 2.05) is 77.4 Å². The molecule has 4 rings (SSSR count). The highest BCUT2D eigenvalue weighted by Gasteiger charge is 2.17. The summed E-state index contributed by atoms with van der Waals surface area (Å²) in [7, 11) is 0. The van der Waals surface area contributed by atoms with Crippen LogP contribution >= 0.6 is 0 Å². The van der Waals surface area contributed by atoms with Crippen molar-refractivity contribution in [2.75, 3.05) is 0 Å². The molecule has 5 nitrogen and oxygen atoms in total. The van der Waals surface area contributed by atoms with Crippen LogP contribution < -0.4 is 5.32 Å². The molecule has 27 heavy (non-hydrogen) atoms. The van der Waals surface area contributed by atoms with Gasteiger partial charge >= 0.3 is 0 Å². The lowest BCUT2D eigenvalue weighted by Crippen LogP contribution is -2.30. The van der Waals surface area contributed by atoms with E-state index in [0.29, 0.717) is 13.0 Å². The third-order valence-electron chi connectivity index (χ3n) is 4.53. The molecule has 134 valence electrons. The van der Waals surface area contributed by atoms with Gasteiger partial charge in [-0.1, -0.05) is 48.5 Å².